The van der Waals surface area contributed by atoms with Crippen LogP contribution in [0.1, 0.15) is 55.6 Å². The number of rotatable bonds is 10. The second kappa shape index (κ2) is 26.0. The maximum atomic E-state index is 14.2. The van der Waals surface area contributed by atoms with Gasteiger partial charge in [-0.2, -0.15) is 0 Å². The molecule has 0 saturated carbocycles. The Balaban J connectivity index is 0.788. The lowest BCUT2D eigenvalue weighted by molar-refractivity contribution is -0.124. The highest BCUT2D eigenvalue weighted by atomic mass is 16.6. The normalized spacial score (nSPS) is 14.7. The minimum atomic E-state index is -0.239. The largest absolute Gasteiger partial charge is 0.491 e. The molecule has 0 fully saturated rings. The zero-order chi connectivity index (χ0) is 59.2. The van der Waals surface area contributed by atoms with Gasteiger partial charge in [-0.3, -0.25) is 9.59 Å². The number of hydrogen-bond donors (Lipinski definition) is 2. The molecule has 2 aliphatic rings. The van der Waals surface area contributed by atoms with E-state index in [-0.39, 0.29) is 38.2 Å². The van der Waals surface area contributed by atoms with Gasteiger partial charge in [0.15, 0.2) is 13.2 Å². The number of hydrogen-bond acceptors (Lipinski definition) is 10. The van der Waals surface area contributed by atoms with Crippen molar-refractivity contribution < 1.29 is 47.5 Å². The number of para-hydroxylation sites is 4. The third kappa shape index (κ3) is 12.0. The first kappa shape index (κ1) is 56.5. The molecule has 1 aliphatic heterocycles. The van der Waals surface area contributed by atoms with Gasteiger partial charge in [0.1, 0.15) is 36.2 Å². The summed E-state index contributed by atoms with van der Waals surface area (Å²) in [6.07, 6.45) is 1.68. The summed E-state index contributed by atoms with van der Waals surface area (Å²) in [6.45, 7) is 3.96. The monoisotopic (exact) mass is 1170 g/mol. The van der Waals surface area contributed by atoms with Crippen LogP contribution >= 0.6 is 0 Å². The Morgan fingerprint density at radius 2 is 0.602 bits per heavy atom. The highest BCUT2D eigenvalue weighted by Gasteiger charge is 2.24. The molecule has 0 spiro atoms. The molecule has 12 nitrogen and oxygen atoms in total. The van der Waals surface area contributed by atoms with Crippen LogP contribution in [-0.4, -0.2) is 91.1 Å². The summed E-state index contributed by atoms with van der Waals surface area (Å²) in [7, 11) is 0. The van der Waals surface area contributed by atoms with E-state index < -0.39 is 0 Å². The van der Waals surface area contributed by atoms with Gasteiger partial charge in [0.2, 0.25) is 0 Å². The van der Waals surface area contributed by atoms with E-state index in [2.05, 4.69) is 193 Å². The number of carbonyl (C=O) groups excluding carboxylic acids is 2. The van der Waals surface area contributed by atoms with Gasteiger partial charge in [-0.15, -0.1) is 0 Å². The van der Waals surface area contributed by atoms with E-state index in [4.69, 9.17) is 37.9 Å². The lowest BCUT2D eigenvalue weighted by atomic mass is 9.91. The molecule has 1 aliphatic carbocycles. The van der Waals surface area contributed by atoms with Gasteiger partial charge in [0.05, 0.1) is 52.9 Å². The van der Waals surface area contributed by atoms with Crippen molar-refractivity contribution in [1.82, 2.24) is 10.6 Å². The Morgan fingerprint density at radius 1 is 0.318 bits per heavy atom. The van der Waals surface area contributed by atoms with Gasteiger partial charge in [-0.1, -0.05) is 182 Å². The second-order valence-corrected chi connectivity index (χ2v) is 22.8. The summed E-state index contributed by atoms with van der Waals surface area (Å²) in [4.78, 5) is 28.3. The van der Waals surface area contributed by atoms with Gasteiger partial charge in [0, 0.05) is 38.8 Å². The van der Waals surface area contributed by atoms with Crippen LogP contribution in [0.15, 0.2) is 182 Å². The molecule has 10 bridgehead atoms. The van der Waals surface area contributed by atoms with Crippen molar-refractivity contribution in [1.29, 1.82) is 0 Å². The number of nitrogens with one attached hydrogen (secondary N) is 2. The summed E-state index contributed by atoms with van der Waals surface area (Å²) in [5.74, 6) is 2.19. The molecule has 442 valence electrons. The van der Waals surface area contributed by atoms with E-state index in [1.165, 1.54) is 53.9 Å². The summed E-state index contributed by atoms with van der Waals surface area (Å²) < 4.78 is 51.0. The van der Waals surface area contributed by atoms with Crippen molar-refractivity contribution in [2.45, 2.75) is 38.8 Å². The van der Waals surface area contributed by atoms with Crippen LogP contribution in [-0.2, 0) is 67.3 Å². The molecule has 12 aromatic carbocycles. The third-order valence-electron chi connectivity index (χ3n) is 17.2. The van der Waals surface area contributed by atoms with Gasteiger partial charge in [-0.25, -0.2) is 0 Å². The summed E-state index contributed by atoms with van der Waals surface area (Å²) in [5.41, 5.74) is 9.32. The van der Waals surface area contributed by atoms with Gasteiger partial charge in [-0.05, 0) is 120 Å². The molecular weight excluding hydrogens is 1100 g/mol. The molecule has 14 rings (SSSR count). The van der Waals surface area contributed by atoms with Gasteiger partial charge in [0.25, 0.3) is 11.8 Å². The molecule has 0 unspecified atom stereocenters. The molecular formula is C76H68N2O10. The zero-order valence-corrected chi connectivity index (χ0v) is 49.1. The Labute approximate surface area is 510 Å². The van der Waals surface area contributed by atoms with Crippen molar-refractivity contribution in [3.63, 3.8) is 0 Å². The smallest absolute Gasteiger partial charge is 0.258 e. The summed E-state index contributed by atoms with van der Waals surface area (Å²) in [6, 6.07) is 63.5. The number of ether oxygens (including phenoxy) is 8. The van der Waals surface area contributed by atoms with Gasteiger partial charge >= 0.3 is 0 Å². The van der Waals surface area contributed by atoms with Crippen LogP contribution in [0.5, 0.6) is 23.0 Å². The standard InChI is InChI=1S/C76H68N2O10/c79-67(77-45-63-25-23-53-21-19-49-7-1-9-51-27-29-65(63)71(53)69(49)51)47-87-75-59-15-5-16-60(75)42-56-12-4-14-58-44-62-18-6-17-61(76(62)88-48-68(80)78-46-64-26-24-54-22-20-50-8-2-10-52-28-30-66(64)72(54)70(50)52)43-57-13-3-11-55(41-59)73(57)85-39-37-83-35-33-81-31-32-82-34-36-84-38-40-86-74(56)58/h1-30H,31-48H2,(H,77,79)(H,78,80). The molecule has 12 aromatic rings. The molecule has 0 aromatic heterocycles. The molecule has 0 saturated heterocycles. The van der Waals surface area contributed by atoms with E-state index in [1.54, 1.807) is 0 Å². The van der Waals surface area contributed by atoms with Crippen molar-refractivity contribution in [3.8, 4) is 23.0 Å². The first-order chi connectivity index (χ1) is 43.5. The lowest BCUT2D eigenvalue weighted by Crippen LogP contribution is -2.29. The molecule has 1 heterocycles. The van der Waals surface area contributed by atoms with E-state index in [9.17, 15) is 9.59 Å². The van der Waals surface area contributed by atoms with Crippen LogP contribution in [0.2, 0.25) is 0 Å². The molecule has 0 radical (unpaired) electrons. The minimum Gasteiger partial charge on any atom is -0.491 e. The Bertz CT molecular complexity index is 4100. The van der Waals surface area contributed by atoms with Crippen LogP contribution in [0, 0.1) is 0 Å². The Hall–Kier alpha value is -9.30. The zero-order valence-electron chi connectivity index (χ0n) is 49.1. The second-order valence-electron chi connectivity index (χ2n) is 22.8. The Kier molecular flexibility index (Phi) is 16.7. The van der Waals surface area contributed by atoms with Crippen LogP contribution in [0.4, 0.5) is 0 Å². The van der Waals surface area contributed by atoms with Crippen LogP contribution < -0.4 is 29.6 Å². The predicted molar refractivity (Wildman–Crippen MR) is 346 cm³/mol. The average molecular weight is 1170 g/mol. The topological polar surface area (TPSA) is 132 Å². The molecule has 2 amide bonds. The quantitative estimate of drug-likeness (QED) is 0.128. The van der Waals surface area contributed by atoms with Crippen molar-refractivity contribution in [2.75, 3.05) is 79.3 Å². The molecule has 88 heavy (non-hydrogen) atoms. The highest BCUT2D eigenvalue weighted by molar-refractivity contribution is 6.24. The Morgan fingerprint density at radius 3 is 0.955 bits per heavy atom. The van der Waals surface area contributed by atoms with E-state index in [0.717, 1.165) is 66.4 Å². The van der Waals surface area contributed by atoms with E-state index >= 15 is 0 Å². The number of amides is 2. The first-order valence-corrected chi connectivity index (χ1v) is 30.6. The summed E-state index contributed by atoms with van der Waals surface area (Å²) in [5, 5.41) is 20.6. The highest BCUT2D eigenvalue weighted by Crippen LogP contribution is 2.41. The van der Waals surface area contributed by atoms with Crippen molar-refractivity contribution >= 4 is 76.4 Å². The average Bonchev–Trinajstić information content (AvgIpc) is 1.28. The molecule has 12 heteroatoms. The third-order valence-corrected chi connectivity index (χ3v) is 17.2. The first-order valence-electron chi connectivity index (χ1n) is 30.6. The van der Waals surface area contributed by atoms with E-state index in [0.29, 0.717) is 115 Å². The van der Waals surface area contributed by atoms with E-state index in [1.807, 2.05) is 0 Å². The van der Waals surface area contributed by atoms with Gasteiger partial charge < -0.3 is 48.5 Å². The van der Waals surface area contributed by atoms with Crippen LogP contribution in [0.25, 0.3) is 64.6 Å². The minimum absolute atomic E-state index is 0.208. The van der Waals surface area contributed by atoms with Crippen LogP contribution in [0.3, 0.4) is 0 Å². The SMILES string of the molecule is O=C(COc1c2cccc1Cc1cccc3c1OCCOCCOCCOCCOCCOc1c(cccc1Cc1cccc(c1OCC(=O)NCc1ccc4ccc5cccc6ccc1c4c56)C3)C2)NCc1ccc2ccc3cccc4ccc1c2c34. The predicted octanol–water partition coefficient (Wildman–Crippen LogP) is 13.4. The summed E-state index contributed by atoms with van der Waals surface area (Å²) >= 11 is 0. The fraction of sp³-hybridized carbons (Fsp3) is 0.237. The maximum Gasteiger partial charge on any atom is 0.258 e. The van der Waals surface area contributed by atoms with Crippen molar-refractivity contribution in [2.24, 2.45) is 0 Å². The number of fused-ring (bicyclic) bond motifs is 2. The van der Waals surface area contributed by atoms with Crippen molar-refractivity contribution in [3.05, 3.63) is 238 Å². The number of carbonyl (C=O) groups is 2. The fourth-order valence-electron chi connectivity index (χ4n) is 13.1. The fourth-order valence-corrected chi connectivity index (χ4v) is 13.1. The lowest BCUT2D eigenvalue weighted by Gasteiger charge is -2.23. The molecule has 0 atom stereocenters. The number of benzene rings is 12. The molecule has 2 N–H and O–H groups in total. The maximum absolute atomic E-state index is 14.2.